The van der Waals surface area contributed by atoms with E-state index < -0.39 is 42.8 Å². The Labute approximate surface area is 350 Å². The molecule has 7 rings (SSSR count). The van der Waals surface area contributed by atoms with Gasteiger partial charge in [0.1, 0.15) is 28.9 Å². The maximum Gasteiger partial charge on any atom is 0.322 e. The highest BCUT2D eigenvalue weighted by Crippen LogP contribution is 2.41. The van der Waals surface area contributed by atoms with Crippen molar-refractivity contribution < 1.29 is 54.2 Å². The Morgan fingerprint density at radius 3 is 1.52 bits per heavy atom. The number of aromatic nitrogens is 2. The second kappa shape index (κ2) is 20.4. The van der Waals surface area contributed by atoms with E-state index in [0.717, 1.165) is 27.5 Å². The van der Waals surface area contributed by atoms with Gasteiger partial charge in [-0.25, -0.2) is 9.97 Å². The number of pyridine rings is 2. The number of carboxylic acid groups (broad SMARTS) is 3. The number of benzene rings is 5. The zero-order chi connectivity index (χ0) is 43.3. The van der Waals surface area contributed by atoms with Gasteiger partial charge in [0.2, 0.25) is 0 Å². The number of carbonyl (C=O) groups excluding carboxylic acids is 2. The van der Waals surface area contributed by atoms with Crippen LogP contribution in [0, 0.1) is 0 Å². The van der Waals surface area contributed by atoms with Gasteiger partial charge in [0.25, 0.3) is 17.8 Å². The molecule has 5 aromatic carbocycles. The first-order valence-electron chi connectivity index (χ1n) is 17.7. The fourth-order valence-corrected chi connectivity index (χ4v) is 7.54. The molecule has 0 radical (unpaired) electrons. The molecule has 2 aromatic heterocycles. The van der Waals surface area contributed by atoms with Crippen LogP contribution in [-0.4, -0.2) is 85.4 Å². The van der Waals surface area contributed by atoms with Crippen LogP contribution < -0.4 is 15.4 Å². The lowest BCUT2D eigenvalue weighted by atomic mass is 10.1. The zero-order valence-corrected chi connectivity index (χ0v) is 33.4. The van der Waals surface area contributed by atoms with Crippen LogP contribution in [0.3, 0.4) is 0 Å². The van der Waals surface area contributed by atoms with Crippen molar-refractivity contribution >= 4 is 85.6 Å². The second-order valence-corrected chi connectivity index (χ2v) is 14.4. The molecule has 0 bridgehead atoms. The summed E-state index contributed by atoms with van der Waals surface area (Å²) in [5.41, 5.74) is -0.430. The van der Waals surface area contributed by atoms with Crippen molar-refractivity contribution in [2.45, 2.75) is 26.8 Å². The minimum Gasteiger partial charge on any atom is -0.505 e. The van der Waals surface area contributed by atoms with Crippen LogP contribution in [-0.2, 0) is 14.4 Å². The summed E-state index contributed by atoms with van der Waals surface area (Å²) in [6, 6.07) is 35.5. The van der Waals surface area contributed by atoms with Gasteiger partial charge in [-0.15, -0.1) is 0 Å². The van der Waals surface area contributed by atoms with E-state index in [2.05, 4.69) is 20.6 Å². The average Bonchev–Trinajstić information content (AvgIpc) is 3.24. The third kappa shape index (κ3) is 11.2. The molecule has 0 atom stereocenters. The lowest BCUT2D eigenvalue weighted by molar-refractivity contribution is -0.136. The largest absolute Gasteiger partial charge is 0.505 e. The summed E-state index contributed by atoms with van der Waals surface area (Å²) in [7, 11) is 1.56. The van der Waals surface area contributed by atoms with Gasteiger partial charge in [-0.2, -0.15) is 0 Å². The molecule has 0 saturated heterocycles. The maximum atomic E-state index is 12.4. The molecule has 15 nitrogen and oxygen atoms in total. The predicted molar refractivity (Wildman–Crippen MR) is 225 cm³/mol. The fraction of sp³-hybridized carbons (Fsp3) is 0.0930. The van der Waals surface area contributed by atoms with Crippen molar-refractivity contribution in [3.05, 3.63) is 127 Å². The Kier molecular flexibility index (Phi) is 14.8. The molecule has 0 fully saturated rings. The molecule has 0 saturated carbocycles. The first-order valence-corrected chi connectivity index (χ1v) is 19.3. The molecule has 2 amide bonds. The number of aromatic hydroxyl groups is 2. The lowest BCUT2D eigenvalue weighted by Gasteiger charge is -2.13. The number of methoxy groups -OCH3 is 1. The lowest BCUT2D eigenvalue weighted by Crippen LogP contribution is -2.30. The van der Waals surface area contributed by atoms with Crippen molar-refractivity contribution in [3.63, 3.8) is 0 Å². The molecule has 0 aliphatic heterocycles. The van der Waals surface area contributed by atoms with E-state index in [9.17, 15) is 29.4 Å². The standard InChI is InChI=1S/C22H16N2O4S.C19H16N2O5S.C2H4O2/c25-18(26)12-23-21(28)19-20(27)16-7-3-4-8-17(16)22(24-19)29-15-10-9-13-5-1-2-6-14(13)11-15;1-26-13-8-4-5-9-14(13)27-19-12-7-3-2-6-11(12)17(24)16(21-19)18(25)20-10-15(22)23;1-2(3)4/h1-11,27H,12H2,(H,23,28)(H,25,26);2-9,24H,10H2,1H3,(H,20,25)(H,22,23);1H3,(H,3,4). The summed E-state index contributed by atoms with van der Waals surface area (Å²) in [6.07, 6.45) is 0. The highest BCUT2D eigenvalue weighted by molar-refractivity contribution is 7.99. The summed E-state index contributed by atoms with van der Waals surface area (Å²) in [5, 5.41) is 56.0. The van der Waals surface area contributed by atoms with Crippen LogP contribution in [0.15, 0.2) is 135 Å². The van der Waals surface area contributed by atoms with Crippen LogP contribution in [0.5, 0.6) is 17.2 Å². The molecule has 2 heterocycles. The zero-order valence-electron chi connectivity index (χ0n) is 31.8. The summed E-state index contributed by atoms with van der Waals surface area (Å²) in [4.78, 5) is 65.5. The molecule has 7 aromatic rings. The summed E-state index contributed by atoms with van der Waals surface area (Å²) in [6.45, 7) is -0.0400. The van der Waals surface area contributed by atoms with Crippen molar-refractivity contribution in [2.75, 3.05) is 20.2 Å². The van der Waals surface area contributed by atoms with E-state index in [1.165, 1.54) is 23.5 Å². The SMILES string of the molecule is CC(=O)O.COc1ccccc1Sc1nc(C(=O)NCC(=O)O)c(O)c2ccccc12.O=C(O)CNC(=O)c1nc(Sc2ccc3ccccc3c2)c2ccccc2c1O. The first kappa shape index (κ1) is 43.7. The number of para-hydroxylation sites is 1. The minimum absolute atomic E-state index is 0.201. The molecule has 17 heteroatoms. The fourth-order valence-electron chi connectivity index (χ4n) is 5.54. The molecule has 0 spiro atoms. The summed E-state index contributed by atoms with van der Waals surface area (Å²) < 4.78 is 5.35. The third-order valence-electron chi connectivity index (χ3n) is 8.14. The van der Waals surface area contributed by atoms with Crippen LogP contribution in [0.25, 0.3) is 32.3 Å². The number of amides is 2. The number of carboxylic acids is 3. The number of hydrogen-bond acceptors (Lipinski definition) is 12. The quantitative estimate of drug-likeness (QED) is 0.0688. The highest BCUT2D eigenvalue weighted by Gasteiger charge is 2.22. The summed E-state index contributed by atoms with van der Waals surface area (Å²) in [5.74, 6) is -4.61. The van der Waals surface area contributed by atoms with Crippen LogP contribution in [0.2, 0.25) is 0 Å². The van der Waals surface area contributed by atoms with Gasteiger partial charge in [0.05, 0.1) is 12.0 Å². The van der Waals surface area contributed by atoms with E-state index in [-0.39, 0.29) is 22.9 Å². The molecular weight excluding hydrogens is 813 g/mol. The van der Waals surface area contributed by atoms with Crippen molar-refractivity contribution in [2.24, 2.45) is 0 Å². The Hall–Kier alpha value is -7.37. The number of hydrogen-bond donors (Lipinski definition) is 7. The first-order chi connectivity index (χ1) is 28.8. The van der Waals surface area contributed by atoms with Gasteiger partial charge >= 0.3 is 11.9 Å². The van der Waals surface area contributed by atoms with Crippen molar-refractivity contribution in [1.29, 1.82) is 0 Å². The molecular formula is C43H36N4O11S2. The smallest absolute Gasteiger partial charge is 0.322 e. The number of ether oxygens (including phenoxy) is 1. The predicted octanol–water partition coefficient (Wildman–Crippen LogP) is 7.06. The monoisotopic (exact) mass is 848 g/mol. The molecule has 7 N–H and O–H groups in total. The third-order valence-corrected chi connectivity index (χ3v) is 10.2. The van der Waals surface area contributed by atoms with E-state index in [1.807, 2.05) is 78.9 Å². The Bertz CT molecular complexity index is 2740. The van der Waals surface area contributed by atoms with E-state index in [0.29, 0.717) is 37.3 Å². The number of fused-ring (bicyclic) bond motifs is 3. The van der Waals surface area contributed by atoms with Crippen LogP contribution in [0.4, 0.5) is 0 Å². The summed E-state index contributed by atoms with van der Waals surface area (Å²) >= 11 is 2.67. The molecule has 0 unspecified atom stereocenters. The van der Waals surface area contributed by atoms with Crippen LogP contribution in [0.1, 0.15) is 27.9 Å². The number of nitrogens with one attached hydrogen (secondary N) is 2. The Morgan fingerprint density at radius 2 is 1.02 bits per heavy atom. The van der Waals surface area contributed by atoms with Gasteiger partial charge in [0, 0.05) is 33.4 Å². The Morgan fingerprint density at radius 1 is 0.583 bits per heavy atom. The van der Waals surface area contributed by atoms with Gasteiger partial charge in [-0.05, 0) is 35.0 Å². The number of rotatable bonds is 11. The normalized spacial score (nSPS) is 10.4. The number of nitrogens with zero attached hydrogens (tertiary/aromatic N) is 2. The average molecular weight is 849 g/mol. The van der Waals surface area contributed by atoms with Gasteiger partial charge in [-0.1, -0.05) is 115 Å². The van der Waals surface area contributed by atoms with Crippen molar-refractivity contribution in [3.8, 4) is 17.2 Å². The van der Waals surface area contributed by atoms with Gasteiger partial charge < -0.3 is 40.9 Å². The molecule has 60 heavy (non-hydrogen) atoms. The Balaban J connectivity index is 0.000000210. The van der Waals surface area contributed by atoms with Crippen LogP contribution >= 0.6 is 23.5 Å². The number of aliphatic carboxylic acids is 3. The van der Waals surface area contributed by atoms with Crippen molar-refractivity contribution in [1.82, 2.24) is 20.6 Å². The van der Waals surface area contributed by atoms with E-state index in [1.54, 1.807) is 43.5 Å². The topological polar surface area (TPSA) is 246 Å². The highest BCUT2D eigenvalue weighted by atomic mass is 32.2. The van der Waals surface area contributed by atoms with Gasteiger partial charge in [-0.3, -0.25) is 24.0 Å². The molecule has 0 aliphatic rings. The number of carbonyl (C=O) groups is 5. The van der Waals surface area contributed by atoms with E-state index >= 15 is 0 Å². The van der Waals surface area contributed by atoms with Gasteiger partial charge in [0.15, 0.2) is 22.9 Å². The molecule has 306 valence electrons. The van der Waals surface area contributed by atoms with E-state index in [4.69, 9.17) is 24.9 Å². The minimum atomic E-state index is -1.19. The second-order valence-electron chi connectivity index (χ2n) is 12.4. The molecule has 0 aliphatic carbocycles. The maximum absolute atomic E-state index is 12.4.